The van der Waals surface area contributed by atoms with Crippen LogP contribution in [0.4, 0.5) is 5.69 Å². The van der Waals surface area contributed by atoms with Crippen molar-refractivity contribution in [2.75, 3.05) is 66.1 Å². The van der Waals surface area contributed by atoms with Gasteiger partial charge >= 0.3 is 0 Å². The summed E-state index contributed by atoms with van der Waals surface area (Å²) in [7, 11) is -3.76. The lowest BCUT2D eigenvalue weighted by molar-refractivity contribution is -0.384. The molecular weight excluding hydrogens is 470 g/mol. The van der Waals surface area contributed by atoms with Gasteiger partial charge in [0.2, 0.25) is 0 Å². The summed E-state index contributed by atoms with van der Waals surface area (Å²) in [6, 6.07) is 13.8. The Morgan fingerprint density at radius 2 is 1.12 bits per heavy atom. The molecule has 11 nitrogen and oxygen atoms in total. The SMILES string of the molecule is O=[N+]([O-])c1ccc(OCCOCCOCCOCCOCCOS(=O)(=O)c2ccccc2)cc1. The smallest absolute Gasteiger partial charge is 0.297 e. The van der Waals surface area contributed by atoms with Gasteiger partial charge in [0, 0.05) is 12.1 Å². The van der Waals surface area contributed by atoms with Gasteiger partial charge in [-0.2, -0.15) is 8.42 Å². The third-order valence-corrected chi connectivity index (χ3v) is 5.48. The summed E-state index contributed by atoms with van der Waals surface area (Å²) in [4.78, 5) is 10.2. The molecule has 0 bridgehead atoms. The van der Waals surface area contributed by atoms with Gasteiger partial charge in [0.1, 0.15) is 12.4 Å². The zero-order chi connectivity index (χ0) is 24.5. The highest BCUT2D eigenvalue weighted by atomic mass is 32.2. The molecule has 0 amide bonds. The van der Waals surface area contributed by atoms with E-state index in [2.05, 4.69) is 0 Å². The highest BCUT2D eigenvalue weighted by Crippen LogP contribution is 2.17. The molecule has 2 aromatic carbocycles. The summed E-state index contributed by atoms with van der Waals surface area (Å²) < 4.78 is 55.5. The zero-order valence-corrected chi connectivity index (χ0v) is 19.5. The first kappa shape index (κ1) is 27.6. The molecule has 0 aliphatic heterocycles. The number of hydrogen-bond donors (Lipinski definition) is 0. The minimum atomic E-state index is -3.76. The van der Waals surface area contributed by atoms with Crippen LogP contribution in [-0.2, 0) is 33.2 Å². The standard InChI is InChI=1S/C22H29NO10S/c24-23(25)20-6-8-21(9-7-20)32-18-16-30-14-12-28-10-11-29-13-15-31-17-19-33-34(26,27)22-4-2-1-3-5-22/h1-9H,10-19H2. The van der Waals surface area contributed by atoms with Crippen LogP contribution in [0.2, 0.25) is 0 Å². The van der Waals surface area contributed by atoms with Gasteiger partial charge in [0.25, 0.3) is 15.8 Å². The highest BCUT2D eigenvalue weighted by Gasteiger charge is 2.13. The van der Waals surface area contributed by atoms with E-state index >= 15 is 0 Å². The number of nitro groups is 1. The monoisotopic (exact) mass is 499 g/mol. The Morgan fingerprint density at radius 1 is 0.647 bits per heavy atom. The quantitative estimate of drug-likeness (QED) is 0.123. The van der Waals surface area contributed by atoms with Crippen LogP contribution in [0.15, 0.2) is 59.5 Å². The van der Waals surface area contributed by atoms with E-state index in [0.717, 1.165) is 0 Å². The molecule has 0 saturated carbocycles. The molecule has 34 heavy (non-hydrogen) atoms. The third kappa shape index (κ3) is 11.5. The number of nitrogens with zero attached hydrogens (tertiary/aromatic N) is 1. The second-order valence-electron chi connectivity index (χ2n) is 6.64. The highest BCUT2D eigenvalue weighted by molar-refractivity contribution is 7.86. The van der Waals surface area contributed by atoms with Gasteiger partial charge in [-0.1, -0.05) is 18.2 Å². The lowest BCUT2D eigenvalue weighted by Crippen LogP contribution is -2.15. The van der Waals surface area contributed by atoms with E-state index in [0.29, 0.717) is 58.6 Å². The van der Waals surface area contributed by atoms with Crippen molar-refractivity contribution in [2.24, 2.45) is 0 Å². The van der Waals surface area contributed by atoms with Gasteiger partial charge in [0.15, 0.2) is 0 Å². The average Bonchev–Trinajstić information content (AvgIpc) is 2.84. The first-order valence-electron chi connectivity index (χ1n) is 10.6. The van der Waals surface area contributed by atoms with Crippen molar-refractivity contribution in [3.8, 4) is 5.75 Å². The van der Waals surface area contributed by atoms with E-state index in [1.807, 2.05) is 0 Å². The number of non-ortho nitro benzene ring substituents is 1. The minimum absolute atomic E-state index is 0.0130. The molecule has 0 N–H and O–H groups in total. The lowest BCUT2D eigenvalue weighted by Gasteiger charge is -2.09. The molecule has 0 saturated heterocycles. The Balaban J connectivity index is 1.33. The summed E-state index contributed by atoms with van der Waals surface area (Å²) >= 11 is 0. The lowest BCUT2D eigenvalue weighted by atomic mass is 10.3. The zero-order valence-electron chi connectivity index (χ0n) is 18.7. The number of hydrogen-bond acceptors (Lipinski definition) is 10. The van der Waals surface area contributed by atoms with E-state index < -0.39 is 15.0 Å². The van der Waals surface area contributed by atoms with Crippen LogP contribution < -0.4 is 4.74 Å². The van der Waals surface area contributed by atoms with Crippen molar-refractivity contribution in [1.82, 2.24) is 0 Å². The fourth-order valence-corrected chi connectivity index (χ4v) is 3.42. The van der Waals surface area contributed by atoms with Crippen molar-refractivity contribution in [3.63, 3.8) is 0 Å². The summed E-state index contributed by atoms with van der Waals surface area (Å²) in [5, 5.41) is 10.6. The molecular formula is C22H29NO10S. The molecule has 12 heteroatoms. The summed E-state index contributed by atoms with van der Waals surface area (Å²) in [5.74, 6) is 0.538. The van der Waals surface area contributed by atoms with Crippen LogP contribution in [-0.4, -0.2) is 79.4 Å². The van der Waals surface area contributed by atoms with Crippen molar-refractivity contribution >= 4 is 15.8 Å². The number of rotatable bonds is 19. The Morgan fingerprint density at radius 3 is 1.62 bits per heavy atom. The van der Waals surface area contributed by atoms with E-state index in [1.54, 1.807) is 18.2 Å². The molecule has 0 radical (unpaired) electrons. The van der Waals surface area contributed by atoms with Crippen LogP contribution in [0.3, 0.4) is 0 Å². The first-order chi connectivity index (χ1) is 16.5. The molecule has 188 valence electrons. The van der Waals surface area contributed by atoms with Crippen molar-refractivity contribution in [3.05, 3.63) is 64.7 Å². The topological polar surface area (TPSA) is 133 Å². The van der Waals surface area contributed by atoms with Gasteiger partial charge in [-0.05, 0) is 24.3 Å². The second-order valence-corrected chi connectivity index (χ2v) is 8.25. The Labute approximate surface area is 198 Å². The predicted molar refractivity (Wildman–Crippen MR) is 121 cm³/mol. The third-order valence-electron chi connectivity index (χ3n) is 4.16. The predicted octanol–water partition coefficient (Wildman–Crippen LogP) is 2.45. The summed E-state index contributed by atoms with van der Waals surface area (Å²) in [5.41, 5.74) is 0.0130. The second kappa shape index (κ2) is 16.1. The van der Waals surface area contributed by atoms with Crippen LogP contribution in [0, 0.1) is 10.1 Å². The Kier molecular flexibility index (Phi) is 13.1. The summed E-state index contributed by atoms with van der Waals surface area (Å²) in [6.45, 7) is 3.03. The molecule has 2 aromatic rings. The Hall–Kier alpha value is -2.61. The van der Waals surface area contributed by atoms with E-state index in [4.69, 9.17) is 27.9 Å². The number of nitro benzene ring substituents is 1. The van der Waals surface area contributed by atoms with E-state index in [-0.39, 0.29) is 23.8 Å². The maximum Gasteiger partial charge on any atom is 0.297 e. The Bertz CT molecular complexity index is 922. The molecule has 0 aliphatic carbocycles. The number of benzene rings is 2. The molecule has 0 atom stereocenters. The normalized spacial score (nSPS) is 11.4. The van der Waals surface area contributed by atoms with Crippen LogP contribution in [0.5, 0.6) is 5.75 Å². The fourth-order valence-electron chi connectivity index (χ4n) is 2.50. The summed E-state index contributed by atoms with van der Waals surface area (Å²) in [6.07, 6.45) is 0. The van der Waals surface area contributed by atoms with Gasteiger partial charge in [0.05, 0.1) is 69.3 Å². The average molecular weight is 500 g/mol. The van der Waals surface area contributed by atoms with Crippen LogP contribution in [0.25, 0.3) is 0 Å². The van der Waals surface area contributed by atoms with Crippen LogP contribution >= 0.6 is 0 Å². The molecule has 0 aliphatic rings. The van der Waals surface area contributed by atoms with Gasteiger partial charge in [-0.3, -0.25) is 14.3 Å². The largest absolute Gasteiger partial charge is 0.491 e. The van der Waals surface area contributed by atoms with Gasteiger partial charge in [-0.15, -0.1) is 0 Å². The van der Waals surface area contributed by atoms with Gasteiger partial charge in [-0.25, -0.2) is 0 Å². The van der Waals surface area contributed by atoms with Gasteiger partial charge < -0.3 is 23.7 Å². The molecule has 0 aromatic heterocycles. The van der Waals surface area contributed by atoms with E-state index in [9.17, 15) is 18.5 Å². The maximum absolute atomic E-state index is 11.9. The first-order valence-corrected chi connectivity index (χ1v) is 12.0. The van der Waals surface area contributed by atoms with Crippen molar-refractivity contribution < 1.29 is 41.2 Å². The number of ether oxygens (including phenoxy) is 5. The fraction of sp³-hybridized carbons (Fsp3) is 0.455. The van der Waals surface area contributed by atoms with Crippen molar-refractivity contribution in [1.29, 1.82) is 0 Å². The molecule has 0 spiro atoms. The molecule has 0 fully saturated rings. The molecule has 0 unspecified atom stereocenters. The maximum atomic E-state index is 11.9. The van der Waals surface area contributed by atoms with Crippen molar-refractivity contribution in [2.45, 2.75) is 4.90 Å². The van der Waals surface area contributed by atoms with Crippen LogP contribution in [0.1, 0.15) is 0 Å². The van der Waals surface area contributed by atoms with E-state index in [1.165, 1.54) is 36.4 Å². The molecule has 0 heterocycles. The molecule has 2 rings (SSSR count). The minimum Gasteiger partial charge on any atom is -0.491 e.